The molecular formula is C11H18N2O2. The molecule has 1 N–H and O–H groups in total. The molecule has 0 amide bonds. The number of hydrogen-bond acceptors (Lipinski definition) is 4. The van der Waals surface area contributed by atoms with Gasteiger partial charge in [-0.3, -0.25) is 5.43 Å². The number of hydrogen-bond donors (Lipinski definition) is 1. The second-order valence-electron chi connectivity index (χ2n) is 3.91. The van der Waals surface area contributed by atoms with E-state index in [2.05, 4.69) is 17.4 Å². The predicted octanol–water partition coefficient (Wildman–Crippen LogP) is 1.05. The van der Waals surface area contributed by atoms with Crippen LogP contribution in [0.15, 0.2) is 22.8 Å². The Bertz CT molecular complexity index is 268. The van der Waals surface area contributed by atoms with Gasteiger partial charge in [0.25, 0.3) is 0 Å². The van der Waals surface area contributed by atoms with Gasteiger partial charge in [0.15, 0.2) is 0 Å². The highest BCUT2D eigenvalue weighted by molar-refractivity contribution is 4.99. The number of furan rings is 1. The van der Waals surface area contributed by atoms with Crippen molar-refractivity contribution in [1.82, 2.24) is 10.4 Å². The molecule has 1 atom stereocenters. The molecule has 0 radical (unpaired) electrons. The van der Waals surface area contributed by atoms with Gasteiger partial charge in [-0.2, -0.15) is 0 Å². The van der Waals surface area contributed by atoms with Crippen molar-refractivity contribution in [3.8, 4) is 0 Å². The van der Waals surface area contributed by atoms with Gasteiger partial charge in [0.2, 0.25) is 0 Å². The van der Waals surface area contributed by atoms with E-state index >= 15 is 0 Å². The molecule has 2 rings (SSSR count). The number of morpholine rings is 1. The molecule has 1 aromatic heterocycles. The minimum absolute atomic E-state index is 0.397. The van der Waals surface area contributed by atoms with Gasteiger partial charge in [-0.05, 0) is 19.1 Å². The lowest BCUT2D eigenvalue weighted by atomic mass is 10.2. The maximum Gasteiger partial charge on any atom is 0.105 e. The van der Waals surface area contributed by atoms with Gasteiger partial charge in [-0.1, -0.05) is 0 Å². The fourth-order valence-electron chi connectivity index (χ4n) is 1.78. The average molecular weight is 210 g/mol. The van der Waals surface area contributed by atoms with Gasteiger partial charge < -0.3 is 9.15 Å². The van der Waals surface area contributed by atoms with Crippen LogP contribution in [0.1, 0.15) is 12.7 Å². The first-order valence-electron chi connectivity index (χ1n) is 5.46. The number of nitrogens with one attached hydrogen (secondary N) is 1. The number of ether oxygens (including phenoxy) is 1. The maximum absolute atomic E-state index is 5.31. The van der Waals surface area contributed by atoms with Crippen LogP contribution in [0.2, 0.25) is 0 Å². The molecule has 0 aromatic carbocycles. The van der Waals surface area contributed by atoms with Gasteiger partial charge >= 0.3 is 0 Å². The molecule has 84 valence electrons. The highest BCUT2D eigenvalue weighted by Crippen LogP contribution is 2.04. The minimum atomic E-state index is 0.397. The van der Waals surface area contributed by atoms with E-state index in [1.54, 1.807) is 6.26 Å². The molecule has 2 heterocycles. The zero-order valence-electron chi connectivity index (χ0n) is 9.11. The van der Waals surface area contributed by atoms with Crippen LogP contribution in [0.5, 0.6) is 0 Å². The number of hydrazine groups is 1. The van der Waals surface area contributed by atoms with Crippen molar-refractivity contribution in [3.63, 3.8) is 0 Å². The largest absolute Gasteiger partial charge is 0.469 e. The first kappa shape index (κ1) is 10.7. The molecule has 0 aliphatic carbocycles. The van der Waals surface area contributed by atoms with Gasteiger partial charge in [0.1, 0.15) is 5.76 Å². The van der Waals surface area contributed by atoms with E-state index in [4.69, 9.17) is 9.15 Å². The third kappa shape index (κ3) is 3.34. The number of nitrogens with zero attached hydrogens (tertiary/aromatic N) is 1. The van der Waals surface area contributed by atoms with Crippen molar-refractivity contribution in [2.75, 3.05) is 26.3 Å². The summed E-state index contributed by atoms with van der Waals surface area (Å²) >= 11 is 0. The van der Waals surface area contributed by atoms with Crippen molar-refractivity contribution in [1.29, 1.82) is 0 Å². The van der Waals surface area contributed by atoms with Crippen molar-refractivity contribution in [3.05, 3.63) is 24.2 Å². The third-order valence-electron chi connectivity index (χ3n) is 2.50. The van der Waals surface area contributed by atoms with Crippen LogP contribution in [0, 0.1) is 0 Å². The fraction of sp³-hybridized carbons (Fsp3) is 0.636. The number of rotatable bonds is 4. The Hall–Kier alpha value is -0.840. The summed E-state index contributed by atoms with van der Waals surface area (Å²) in [5.74, 6) is 1.03. The van der Waals surface area contributed by atoms with Crippen LogP contribution >= 0.6 is 0 Å². The summed E-state index contributed by atoms with van der Waals surface area (Å²) in [5.41, 5.74) is 3.45. The minimum Gasteiger partial charge on any atom is -0.469 e. The predicted molar refractivity (Wildman–Crippen MR) is 57.4 cm³/mol. The Kier molecular flexibility index (Phi) is 3.77. The molecule has 4 heteroatoms. The van der Waals surface area contributed by atoms with Gasteiger partial charge in [0, 0.05) is 25.6 Å². The lowest BCUT2D eigenvalue weighted by Gasteiger charge is -2.30. The summed E-state index contributed by atoms with van der Waals surface area (Å²) in [6.07, 6.45) is 2.64. The van der Waals surface area contributed by atoms with Crippen LogP contribution < -0.4 is 5.43 Å². The van der Waals surface area contributed by atoms with Crippen molar-refractivity contribution >= 4 is 0 Å². The molecule has 1 unspecified atom stereocenters. The van der Waals surface area contributed by atoms with Crippen LogP contribution in [-0.4, -0.2) is 37.4 Å². The molecule has 0 saturated carbocycles. The van der Waals surface area contributed by atoms with E-state index in [0.29, 0.717) is 6.04 Å². The van der Waals surface area contributed by atoms with Crippen molar-refractivity contribution in [2.45, 2.75) is 19.4 Å². The van der Waals surface area contributed by atoms with Crippen LogP contribution in [-0.2, 0) is 11.2 Å². The lowest BCUT2D eigenvalue weighted by molar-refractivity contribution is 0.00477. The van der Waals surface area contributed by atoms with Crippen LogP contribution in [0.4, 0.5) is 0 Å². The van der Waals surface area contributed by atoms with E-state index in [-0.39, 0.29) is 0 Å². The van der Waals surface area contributed by atoms with Gasteiger partial charge in [-0.25, -0.2) is 5.01 Å². The molecule has 1 fully saturated rings. The third-order valence-corrected chi connectivity index (χ3v) is 2.50. The highest BCUT2D eigenvalue weighted by atomic mass is 16.5. The molecule has 1 aliphatic rings. The Labute approximate surface area is 90.2 Å². The van der Waals surface area contributed by atoms with E-state index in [9.17, 15) is 0 Å². The zero-order valence-corrected chi connectivity index (χ0v) is 9.11. The standard InChI is InChI=1S/C11H18N2O2/c1-10(9-11-3-2-6-15-11)12-13-4-7-14-8-5-13/h2-3,6,10,12H,4-5,7-9H2,1H3. The summed E-state index contributed by atoms with van der Waals surface area (Å²) in [6, 6.07) is 4.34. The van der Waals surface area contributed by atoms with E-state index in [1.807, 2.05) is 12.1 Å². The first-order valence-corrected chi connectivity index (χ1v) is 5.46. The molecule has 15 heavy (non-hydrogen) atoms. The summed E-state index contributed by atoms with van der Waals surface area (Å²) in [6.45, 7) is 5.73. The Balaban J connectivity index is 1.74. The maximum atomic E-state index is 5.31. The van der Waals surface area contributed by atoms with Gasteiger partial charge in [-0.15, -0.1) is 0 Å². The summed E-state index contributed by atoms with van der Waals surface area (Å²) < 4.78 is 10.6. The second-order valence-corrected chi connectivity index (χ2v) is 3.91. The van der Waals surface area contributed by atoms with Crippen molar-refractivity contribution in [2.24, 2.45) is 0 Å². The molecule has 0 spiro atoms. The van der Waals surface area contributed by atoms with Crippen LogP contribution in [0.25, 0.3) is 0 Å². The first-order chi connectivity index (χ1) is 7.34. The van der Waals surface area contributed by atoms with Gasteiger partial charge in [0.05, 0.1) is 19.5 Å². The molecule has 1 saturated heterocycles. The topological polar surface area (TPSA) is 37.6 Å². The summed E-state index contributed by atoms with van der Waals surface area (Å²) in [5, 5.41) is 2.22. The normalized spacial score (nSPS) is 20.3. The van der Waals surface area contributed by atoms with Crippen LogP contribution in [0.3, 0.4) is 0 Å². The highest BCUT2D eigenvalue weighted by Gasteiger charge is 2.13. The summed E-state index contributed by atoms with van der Waals surface area (Å²) in [4.78, 5) is 0. The SMILES string of the molecule is CC(Cc1ccco1)NN1CCOCC1. The monoisotopic (exact) mass is 210 g/mol. The molecular weight excluding hydrogens is 192 g/mol. The average Bonchev–Trinajstić information content (AvgIpc) is 2.71. The molecule has 1 aliphatic heterocycles. The Morgan fingerprint density at radius 3 is 2.93 bits per heavy atom. The Morgan fingerprint density at radius 1 is 1.47 bits per heavy atom. The summed E-state index contributed by atoms with van der Waals surface area (Å²) in [7, 11) is 0. The smallest absolute Gasteiger partial charge is 0.105 e. The molecule has 0 bridgehead atoms. The molecule has 4 nitrogen and oxygen atoms in total. The lowest BCUT2D eigenvalue weighted by Crippen LogP contribution is -2.49. The van der Waals surface area contributed by atoms with E-state index in [1.165, 1.54) is 0 Å². The molecule has 1 aromatic rings. The quantitative estimate of drug-likeness (QED) is 0.806. The fourth-order valence-corrected chi connectivity index (χ4v) is 1.78. The second kappa shape index (κ2) is 5.30. The van der Waals surface area contributed by atoms with Crippen molar-refractivity contribution < 1.29 is 9.15 Å². The van der Waals surface area contributed by atoms with E-state index in [0.717, 1.165) is 38.5 Å². The van der Waals surface area contributed by atoms with E-state index < -0.39 is 0 Å². The zero-order chi connectivity index (χ0) is 10.5. The Morgan fingerprint density at radius 2 is 2.27 bits per heavy atom.